The van der Waals surface area contributed by atoms with Crippen LogP contribution in [0.4, 0.5) is 0 Å². The number of rotatable bonds is 2. The van der Waals surface area contributed by atoms with Gasteiger partial charge in [-0.1, -0.05) is 37.3 Å². The molecule has 1 aliphatic rings. The van der Waals surface area contributed by atoms with Crippen LogP contribution in [-0.4, -0.2) is 0 Å². The first-order chi connectivity index (χ1) is 7.68. The Bertz CT molecular complexity index is 325. The van der Waals surface area contributed by atoms with Gasteiger partial charge in [0.15, 0.2) is 0 Å². The van der Waals surface area contributed by atoms with E-state index in [9.17, 15) is 0 Å². The monoisotopic (exact) mass is 321 g/mol. The van der Waals surface area contributed by atoms with Gasteiger partial charge in [0.05, 0.1) is 8.81 Å². The molecule has 1 atom stereocenters. The number of halogens is 2. The first kappa shape index (κ1) is 12.9. The standard InChI is InChI=1S/C12H17BrClNS/c13-12-9(14)7-10(16-12)11(15)8-5-3-1-2-4-6-8/h7-8,11H,1-6,15H2. The van der Waals surface area contributed by atoms with Crippen LogP contribution in [0.25, 0.3) is 0 Å². The summed E-state index contributed by atoms with van der Waals surface area (Å²) in [5.74, 6) is 0.643. The molecule has 1 saturated carbocycles. The van der Waals surface area contributed by atoms with E-state index < -0.39 is 0 Å². The van der Waals surface area contributed by atoms with Gasteiger partial charge < -0.3 is 5.73 Å². The minimum absolute atomic E-state index is 0.173. The van der Waals surface area contributed by atoms with Gasteiger partial charge in [0.2, 0.25) is 0 Å². The van der Waals surface area contributed by atoms with Crippen molar-refractivity contribution in [1.29, 1.82) is 0 Å². The summed E-state index contributed by atoms with van der Waals surface area (Å²) >= 11 is 11.2. The highest BCUT2D eigenvalue weighted by Crippen LogP contribution is 2.39. The Morgan fingerprint density at radius 1 is 1.31 bits per heavy atom. The molecule has 4 heteroatoms. The molecule has 0 aliphatic heterocycles. The minimum Gasteiger partial charge on any atom is -0.323 e. The summed E-state index contributed by atoms with van der Waals surface area (Å²) in [6.07, 6.45) is 7.95. The first-order valence-electron chi connectivity index (χ1n) is 5.89. The Balaban J connectivity index is 2.07. The third-order valence-corrected chi connectivity index (χ3v) is 5.98. The van der Waals surface area contributed by atoms with Crippen molar-refractivity contribution >= 4 is 38.9 Å². The summed E-state index contributed by atoms with van der Waals surface area (Å²) in [5.41, 5.74) is 6.35. The van der Waals surface area contributed by atoms with Crippen LogP contribution in [0.2, 0.25) is 5.02 Å². The molecule has 0 aromatic carbocycles. The molecule has 0 saturated heterocycles. The topological polar surface area (TPSA) is 26.0 Å². The molecule has 1 nitrogen and oxygen atoms in total. The van der Waals surface area contributed by atoms with Gasteiger partial charge in [-0.25, -0.2) is 0 Å². The van der Waals surface area contributed by atoms with Crippen molar-refractivity contribution < 1.29 is 0 Å². The second-order valence-electron chi connectivity index (χ2n) is 4.55. The van der Waals surface area contributed by atoms with Crippen LogP contribution >= 0.6 is 38.9 Å². The van der Waals surface area contributed by atoms with Crippen LogP contribution in [0.3, 0.4) is 0 Å². The first-order valence-corrected chi connectivity index (χ1v) is 7.87. The minimum atomic E-state index is 0.173. The van der Waals surface area contributed by atoms with Gasteiger partial charge in [-0.2, -0.15) is 0 Å². The molecule has 0 amide bonds. The van der Waals surface area contributed by atoms with Crippen LogP contribution in [0.1, 0.15) is 49.4 Å². The summed E-state index contributed by atoms with van der Waals surface area (Å²) in [6, 6.07) is 2.19. The second-order valence-corrected chi connectivity index (χ2v) is 7.36. The molecule has 0 spiro atoms. The second kappa shape index (κ2) is 5.85. The van der Waals surface area contributed by atoms with Crippen molar-refractivity contribution in [2.24, 2.45) is 11.7 Å². The highest BCUT2D eigenvalue weighted by atomic mass is 79.9. The third-order valence-electron chi connectivity index (χ3n) is 3.40. The fraction of sp³-hybridized carbons (Fsp3) is 0.667. The third kappa shape index (κ3) is 3.00. The molecule has 0 radical (unpaired) electrons. The van der Waals surface area contributed by atoms with E-state index in [-0.39, 0.29) is 6.04 Å². The zero-order valence-electron chi connectivity index (χ0n) is 9.22. The van der Waals surface area contributed by atoms with Crippen molar-refractivity contribution in [2.45, 2.75) is 44.6 Å². The van der Waals surface area contributed by atoms with E-state index in [1.807, 2.05) is 6.07 Å². The van der Waals surface area contributed by atoms with E-state index in [0.717, 1.165) is 8.81 Å². The molecular formula is C12H17BrClNS. The summed E-state index contributed by atoms with van der Waals surface area (Å²) in [4.78, 5) is 1.23. The summed E-state index contributed by atoms with van der Waals surface area (Å²) in [7, 11) is 0. The Kier molecular flexibility index (Phi) is 4.71. The maximum absolute atomic E-state index is 6.35. The van der Waals surface area contributed by atoms with E-state index in [0.29, 0.717) is 5.92 Å². The van der Waals surface area contributed by atoms with E-state index in [4.69, 9.17) is 17.3 Å². The molecule has 2 rings (SSSR count). The van der Waals surface area contributed by atoms with Crippen molar-refractivity contribution in [3.63, 3.8) is 0 Å². The van der Waals surface area contributed by atoms with Gasteiger partial charge in [0, 0.05) is 10.9 Å². The Morgan fingerprint density at radius 2 is 1.94 bits per heavy atom. The molecular weight excluding hydrogens is 306 g/mol. The fourth-order valence-electron chi connectivity index (χ4n) is 2.43. The zero-order valence-corrected chi connectivity index (χ0v) is 12.4. The zero-order chi connectivity index (χ0) is 11.5. The van der Waals surface area contributed by atoms with Crippen LogP contribution in [-0.2, 0) is 0 Å². The predicted octanol–water partition coefficient (Wildman–Crippen LogP) is 5.13. The highest BCUT2D eigenvalue weighted by molar-refractivity contribution is 9.11. The van der Waals surface area contributed by atoms with Crippen LogP contribution in [0.5, 0.6) is 0 Å². The average molecular weight is 323 g/mol. The Morgan fingerprint density at radius 3 is 2.44 bits per heavy atom. The summed E-state index contributed by atoms with van der Waals surface area (Å²) in [6.45, 7) is 0. The highest BCUT2D eigenvalue weighted by Gasteiger charge is 2.22. The van der Waals surface area contributed by atoms with E-state index >= 15 is 0 Å². The van der Waals surface area contributed by atoms with Crippen LogP contribution in [0, 0.1) is 5.92 Å². The predicted molar refractivity (Wildman–Crippen MR) is 75.1 cm³/mol. The molecule has 1 aromatic rings. The van der Waals surface area contributed by atoms with Gasteiger partial charge in [0.1, 0.15) is 0 Å². The average Bonchev–Trinajstić information content (AvgIpc) is 2.51. The van der Waals surface area contributed by atoms with E-state index in [1.54, 1.807) is 11.3 Å². The molecule has 2 N–H and O–H groups in total. The molecule has 1 unspecified atom stereocenters. The molecule has 1 aromatic heterocycles. The molecule has 1 fully saturated rings. The number of thiophene rings is 1. The summed E-state index contributed by atoms with van der Waals surface area (Å²) in [5, 5.41) is 0.795. The van der Waals surface area contributed by atoms with Gasteiger partial charge in [-0.15, -0.1) is 11.3 Å². The number of nitrogens with two attached hydrogens (primary N) is 1. The summed E-state index contributed by atoms with van der Waals surface area (Å²) < 4.78 is 1.01. The SMILES string of the molecule is NC(c1cc(Cl)c(Br)s1)C1CCCCCC1. The Hall–Kier alpha value is 0.430. The van der Waals surface area contributed by atoms with Crippen LogP contribution in [0.15, 0.2) is 9.85 Å². The fourth-order valence-corrected chi connectivity index (χ4v) is 4.27. The largest absolute Gasteiger partial charge is 0.323 e. The smallest absolute Gasteiger partial charge is 0.0887 e. The van der Waals surface area contributed by atoms with E-state index in [1.165, 1.54) is 43.4 Å². The number of hydrogen-bond acceptors (Lipinski definition) is 2. The quantitative estimate of drug-likeness (QED) is 0.750. The van der Waals surface area contributed by atoms with E-state index in [2.05, 4.69) is 15.9 Å². The molecule has 1 aliphatic carbocycles. The van der Waals surface area contributed by atoms with Crippen molar-refractivity contribution in [1.82, 2.24) is 0 Å². The lowest BCUT2D eigenvalue weighted by molar-refractivity contribution is 0.386. The van der Waals surface area contributed by atoms with Crippen molar-refractivity contribution in [3.05, 3.63) is 19.8 Å². The van der Waals surface area contributed by atoms with Gasteiger partial charge in [-0.3, -0.25) is 0 Å². The molecule has 90 valence electrons. The van der Waals surface area contributed by atoms with Crippen molar-refractivity contribution in [2.75, 3.05) is 0 Å². The van der Waals surface area contributed by atoms with Gasteiger partial charge in [-0.05, 0) is 40.8 Å². The van der Waals surface area contributed by atoms with Gasteiger partial charge >= 0.3 is 0 Å². The lowest BCUT2D eigenvalue weighted by Gasteiger charge is -2.20. The maximum atomic E-state index is 6.35. The normalized spacial score (nSPS) is 20.7. The maximum Gasteiger partial charge on any atom is 0.0887 e. The van der Waals surface area contributed by atoms with Crippen LogP contribution < -0.4 is 5.73 Å². The molecule has 16 heavy (non-hydrogen) atoms. The number of hydrogen-bond donors (Lipinski definition) is 1. The molecule has 0 bridgehead atoms. The lowest BCUT2D eigenvalue weighted by Crippen LogP contribution is -2.19. The lowest BCUT2D eigenvalue weighted by atomic mass is 9.91. The Labute approximate surface area is 114 Å². The van der Waals surface area contributed by atoms with Gasteiger partial charge in [0.25, 0.3) is 0 Å². The van der Waals surface area contributed by atoms with Crippen molar-refractivity contribution in [3.8, 4) is 0 Å². The molecule has 1 heterocycles.